The zero-order chi connectivity index (χ0) is 13.1. The molecule has 0 aliphatic carbocycles. The molecule has 1 unspecified atom stereocenters. The van der Waals surface area contributed by atoms with Gasteiger partial charge in [-0.3, -0.25) is 4.98 Å². The normalized spacial score (nSPS) is 12.2. The van der Waals surface area contributed by atoms with E-state index in [1.165, 1.54) is 0 Å². The molecule has 0 aliphatic heterocycles. The van der Waals surface area contributed by atoms with Crippen molar-refractivity contribution in [3.63, 3.8) is 0 Å². The maximum absolute atomic E-state index is 6.13. The average Bonchev–Trinajstić information content (AvgIpc) is 2.34. The standard InChI is InChI=1S/C13H13Cl2N3/c1-8(9-2-4-17-5-3-9)18-13-11(14)6-10(16)7-12(13)15/h2-8,18H,16H2,1H3. The van der Waals surface area contributed by atoms with E-state index in [4.69, 9.17) is 28.9 Å². The predicted octanol–water partition coefficient (Wildman–Crippen LogP) is 4.14. The van der Waals surface area contributed by atoms with Crippen LogP contribution < -0.4 is 11.1 Å². The maximum atomic E-state index is 6.13. The van der Waals surface area contributed by atoms with Crippen LogP contribution >= 0.6 is 23.2 Å². The van der Waals surface area contributed by atoms with Crippen LogP contribution in [0.2, 0.25) is 10.0 Å². The van der Waals surface area contributed by atoms with E-state index in [9.17, 15) is 0 Å². The van der Waals surface area contributed by atoms with Crippen molar-refractivity contribution in [3.05, 3.63) is 52.3 Å². The molecule has 0 bridgehead atoms. The van der Waals surface area contributed by atoms with Gasteiger partial charge in [-0.15, -0.1) is 0 Å². The number of nitrogens with one attached hydrogen (secondary N) is 1. The van der Waals surface area contributed by atoms with Gasteiger partial charge in [-0.05, 0) is 36.8 Å². The fraction of sp³-hybridized carbons (Fsp3) is 0.154. The Labute approximate surface area is 116 Å². The highest BCUT2D eigenvalue weighted by Crippen LogP contribution is 2.35. The number of benzene rings is 1. The Morgan fingerprint density at radius 1 is 1.17 bits per heavy atom. The van der Waals surface area contributed by atoms with Crippen molar-refractivity contribution >= 4 is 34.6 Å². The summed E-state index contributed by atoms with van der Waals surface area (Å²) in [5.74, 6) is 0. The summed E-state index contributed by atoms with van der Waals surface area (Å²) in [5, 5.41) is 4.30. The summed E-state index contributed by atoms with van der Waals surface area (Å²) in [6.45, 7) is 2.03. The highest BCUT2D eigenvalue weighted by molar-refractivity contribution is 6.39. The van der Waals surface area contributed by atoms with Crippen molar-refractivity contribution in [3.8, 4) is 0 Å². The fourth-order valence-corrected chi connectivity index (χ4v) is 2.30. The lowest BCUT2D eigenvalue weighted by atomic mass is 10.1. The van der Waals surface area contributed by atoms with Crippen LogP contribution in [0.4, 0.5) is 11.4 Å². The lowest BCUT2D eigenvalue weighted by Gasteiger charge is -2.18. The molecule has 0 fully saturated rings. The van der Waals surface area contributed by atoms with E-state index in [0.717, 1.165) is 5.56 Å². The van der Waals surface area contributed by atoms with Gasteiger partial charge in [0, 0.05) is 24.1 Å². The van der Waals surface area contributed by atoms with Gasteiger partial charge in [-0.25, -0.2) is 0 Å². The largest absolute Gasteiger partial charge is 0.399 e. The van der Waals surface area contributed by atoms with E-state index in [0.29, 0.717) is 21.4 Å². The molecular formula is C13H13Cl2N3. The van der Waals surface area contributed by atoms with Crippen molar-refractivity contribution in [1.29, 1.82) is 0 Å². The highest BCUT2D eigenvalue weighted by Gasteiger charge is 2.11. The first kappa shape index (κ1) is 13.0. The van der Waals surface area contributed by atoms with Crippen LogP contribution in [0.5, 0.6) is 0 Å². The van der Waals surface area contributed by atoms with Gasteiger partial charge >= 0.3 is 0 Å². The zero-order valence-electron chi connectivity index (χ0n) is 9.82. The topological polar surface area (TPSA) is 50.9 Å². The number of pyridine rings is 1. The first-order chi connectivity index (χ1) is 8.58. The van der Waals surface area contributed by atoms with Crippen LogP contribution in [-0.4, -0.2) is 4.98 Å². The first-order valence-corrected chi connectivity index (χ1v) is 6.24. The molecule has 2 aromatic rings. The summed E-state index contributed by atoms with van der Waals surface area (Å²) in [4.78, 5) is 3.99. The molecule has 2 rings (SSSR count). The molecule has 1 aromatic carbocycles. The van der Waals surface area contributed by atoms with Crippen molar-refractivity contribution in [2.45, 2.75) is 13.0 Å². The Morgan fingerprint density at radius 2 is 1.72 bits per heavy atom. The number of aromatic nitrogens is 1. The summed E-state index contributed by atoms with van der Waals surface area (Å²) in [7, 11) is 0. The second kappa shape index (κ2) is 5.46. The van der Waals surface area contributed by atoms with E-state index in [1.54, 1.807) is 24.5 Å². The van der Waals surface area contributed by atoms with Gasteiger partial charge in [-0.1, -0.05) is 23.2 Å². The molecule has 3 nitrogen and oxygen atoms in total. The third-order valence-electron chi connectivity index (χ3n) is 2.63. The highest BCUT2D eigenvalue weighted by atomic mass is 35.5. The van der Waals surface area contributed by atoms with Gasteiger partial charge in [0.1, 0.15) is 0 Å². The second-order valence-electron chi connectivity index (χ2n) is 4.01. The number of halogens is 2. The van der Waals surface area contributed by atoms with Crippen LogP contribution in [0.25, 0.3) is 0 Å². The Morgan fingerprint density at radius 3 is 2.28 bits per heavy atom. The molecule has 0 aliphatic rings. The molecule has 0 saturated carbocycles. The van der Waals surface area contributed by atoms with Gasteiger partial charge < -0.3 is 11.1 Å². The van der Waals surface area contributed by atoms with Gasteiger partial charge in [0.2, 0.25) is 0 Å². The summed E-state index contributed by atoms with van der Waals surface area (Å²) >= 11 is 12.3. The van der Waals surface area contributed by atoms with Crippen LogP contribution in [0.15, 0.2) is 36.7 Å². The quantitative estimate of drug-likeness (QED) is 0.832. The second-order valence-corrected chi connectivity index (χ2v) is 4.82. The molecule has 1 aromatic heterocycles. The molecule has 18 heavy (non-hydrogen) atoms. The molecule has 3 N–H and O–H groups in total. The smallest absolute Gasteiger partial charge is 0.0725 e. The molecule has 1 heterocycles. The SMILES string of the molecule is CC(Nc1c(Cl)cc(N)cc1Cl)c1ccncc1. The number of anilines is 2. The molecular weight excluding hydrogens is 269 g/mol. The van der Waals surface area contributed by atoms with Crippen LogP contribution in [0.1, 0.15) is 18.5 Å². The number of nitrogens with two attached hydrogens (primary N) is 1. The van der Waals surface area contributed by atoms with Crippen molar-refractivity contribution in [2.75, 3.05) is 11.1 Å². The first-order valence-electron chi connectivity index (χ1n) is 5.49. The molecule has 0 radical (unpaired) electrons. The molecule has 0 saturated heterocycles. The number of hydrogen-bond donors (Lipinski definition) is 2. The van der Waals surface area contributed by atoms with Crippen LogP contribution in [-0.2, 0) is 0 Å². The Hall–Kier alpha value is -1.45. The van der Waals surface area contributed by atoms with Gasteiger partial charge in [0.15, 0.2) is 0 Å². The maximum Gasteiger partial charge on any atom is 0.0725 e. The van der Waals surface area contributed by atoms with Gasteiger partial charge in [-0.2, -0.15) is 0 Å². The minimum absolute atomic E-state index is 0.0756. The lowest BCUT2D eigenvalue weighted by molar-refractivity contribution is 0.881. The number of hydrogen-bond acceptors (Lipinski definition) is 3. The monoisotopic (exact) mass is 281 g/mol. The third-order valence-corrected chi connectivity index (χ3v) is 3.23. The molecule has 94 valence electrons. The average molecular weight is 282 g/mol. The molecule has 0 amide bonds. The van der Waals surface area contributed by atoms with Crippen LogP contribution in [0.3, 0.4) is 0 Å². The lowest BCUT2D eigenvalue weighted by Crippen LogP contribution is -2.07. The summed E-state index contributed by atoms with van der Waals surface area (Å²) in [6, 6.07) is 7.31. The van der Waals surface area contributed by atoms with Crippen molar-refractivity contribution < 1.29 is 0 Å². The Balaban J connectivity index is 2.25. The van der Waals surface area contributed by atoms with E-state index in [-0.39, 0.29) is 6.04 Å². The van der Waals surface area contributed by atoms with E-state index in [2.05, 4.69) is 10.3 Å². The van der Waals surface area contributed by atoms with Crippen LogP contribution in [0, 0.1) is 0 Å². The number of nitrogens with zero attached hydrogens (tertiary/aromatic N) is 1. The summed E-state index contributed by atoms with van der Waals surface area (Å²) < 4.78 is 0. The van der Waals surface area contributed by atoms with Gasteiger partial charge in [0.25, 0.3) is 0 Å². The molecule has 1 atom stereocenters. The fourth-order valence-electron chi connectivity index (χ4n) is 1.68. The van der Waals surface area contributed by atoms with E-state index in [1.807, 2.05) is 19.1 Å². The van der Waals surface area contributed by atoms with Gasteiger partial charge in [0.05, 0.1) is 15.7 Å². The van der Waals surface area contributed by atoms with E-state index < -0.39 is 0 Å². The number of nitrogen functional groups attached to an aromatic ring is 1. The Kier molecular flexibility index (Phi) is 3.94. The summed E-state index contributed by atoms with van der Waals surface area (Å²) in [5.41, 5.74) is 8.01. The predicted molar refractivity (Wildman–Crippen MR) is 77.1 cm³/mol. The third kappa shape index (κ3) is 2.86. The van der Waals surface area contributed by atoms with E-state index >= 15 is 0 Å². The Bertz CT molecular complexity index is 520. The molecule has 5 heteroatoms. The number of rotatable bonds is 3. The minimum Gasteiger partial charge on any atom is -0.399 e. The zero-order valence-corrected chi connectivity index (χ0v) is 11.3. The van der Waals surface area contributed by atoms with Crippen molar-refractivity contribution in [1.82, 2.24) is 4.98 Å². The molecule has 0 spiro atoms. The minimum atomic E-state index is 0.0756. The van der Waals surface area contributed by atoms with Crippen molar-refractivity contribution in [2.24, 2.45) is 0 Å². The summed E-state index contributed by atoms with van der Waals surface area (Å²) in [6.07, 6.45) is 3.50.